The number of unbranched alkanes of at least 4 members (excludes halogenated alkanes) is 15. The molecule has 1 aromatic carbocycles. The van der Waals surface area contributed by atoms with Crippen LogP contribution < -0.4 is 0 Å². The van der Waals surface area contributed by atoms with Crippen LogP contribution in [0.1, 0.15) is 115 Å². The van der Waals surface area contributed by atoms with E-state index in [1.807, 2.05) is 0 Å². The maximum Gasteiger partial charge on any atom is 0.0130 e. The third-order valence-electron chi connectivity index (χ3n) is 5.23. The van der Waals surface area contributed by atoms with Crippen molar-refractivity contribution in [1.29, 1.82) is 0 Å². The maximum atomic E-state index is 2.38. The van der Waals surface area contributed by atoms with E-state index in [1.165, 1.54) is 118 Å². The lowest BCUT2D eigenvalue weighted by molar-refractivity contribution is 0.529. The Balaban J connectivity index is 1.74. The molecule has 1 rings (SSSR count). The number of hydrogen-bond donors (Lipinski definition) is 0. The van der Waals surface area contributed by atoms with Crippen LogP contribution in [-0.2, 0) is 6.42 Å². The highest BCUT2D eigenvalue weighted by molar-refractivity contribution is 14.1. The summed E-state index contributed by atoms with van der Waals surface area (Å²) in [7, 11) is 0. The van der Waals surface area contributed by atoms with Crippen molar-refractivity contribution in [3.63, 3.8) is 0 Å². The molecule has 0 N–H and O–H groups in total. The van der Waals surface area contributed by atoms with Gasteiger partial charge in [0.2, 0.25) is 0 Å². The molecule has 144 valence electrons. The summed E-state index contributed by atoms with van der Waals surface area (Å²) in [4.78, 5) is 0. The Morgan fingerprint density at radius 1 is 0.520 bits per heavy atom. The molecule has 0 aliphatic carbocycles. The van der Waals surface area contributed by atoms with Gasteiger partial charge in [-0.25, -0.2) is 0 Å². The topological polar surface area (TPSA) is 0 Å². The van der Waals surface area contributed by atoms with Gasteiger partial charge >= 0.3 is 0 Å². The van der Waals surface area contributed by atoms with Crippen LogP contribution >= 0.6 is 22.6 Å². The Labute approximate surface area is 171 Å². The zero-order valence-corrected chi connectivity index (χ0v) is 18.9. The van der Waals surface area contributed by atoms with Crippen LogP contribution in [0.3, 0.4) is 0 Å². The normalized spacial score (nSPS) is 11.1. The van der Waals surface area contributed by atoms with Gasteiger partial charge in [-0.3, -0.25) is 0 Å². The molecule has 0 bridgehead atoms. The third kappa shape index (κ3) is 14.8. The van der Waals surface area contributed by atoms with E-state index in [9.17, 15) is 0 Å². The predicted octanol–water partition coefficient (Wildman–Crippen LogP) is 9.10. The van der Waals surface area contributed by atoms with E-state index in [0.717, 1.165) is 0 Å². The summed E-state index contributed by atoms with van der Waals surface area (Å²) in [5.74, 6) is 0. The smallest absolute Gasteiger partial charge is 0.0130 e. The van der Waals surface area contributed by atoms with Crippen molar-refractivity contribution < 1.29 is 0 Å². The molecule has 0 saturated heterocycles. The van der Waals surface area contributed by atoms with E-state index in [-0.39, 0.29) is 0 Å². The molecule has 0 spiro atoms. The molecule has 0 nitrogen and oxygen atoms in total. The van der Waals surface area contributed by atoms with E-state index in [2.05, 4.69) is 53.8 Å². The average molecular weight is 456 g/mol. The lowest BCUT2D eigenvalue weighted by Crippen LogP contribution is -1.87. The second kappa shape index (κ2) is 17.4. The van der Waals surface area contributed by atoms with Crippen molar-refractivity contribution in [2.45, 2.75) is 116 Å². The first-order valence-electron chi connectivity index (χ1n) is 11.1. The van der Waals surface area contributed by atoms with Crippen LogP contribution in [-0.4, -0.2) is 0 Å². The number of rotatable bonds is 17. The van der Waals surface area contributed by atoms with E-state index >= 15 is 0 Å². The Morgan fingerprint density at radius 3 is 1.28 bits per heavy atom. The van der Waals surface area contributed by atoms with E-state index in [4.69, 9.17) is 0 Å². The van der Waals surface area contributed by atoms with Gasteiger partial charge < -0.3 is 0 Å². The lowest BCUT2D eigenvalue weighted by Gasteiger charge is -2.04. The van der Waals surface area contributed by atoms with E-state index in [1.54, 1.807) is 0 Å². The fourth-order valence-corrected chi connectivity index (χ4v) is 3.89. The second-order valence-corrected chi connectivity index (χ2v) is 8.93. The molecule has 0 aromatic heterocycles. The summed E-state index contributed by atoms with van der Waals surface area (Å²) in [6.07, 6.45) is 24.4. The van der Waals surface area contributed by atoms with Gasteiger partial charge in [-0.15, -0.1) is 0 Å². The van der Waals surface area contributed by atoms with Crippen molar-refractivity contribution >= 4 is 22.6 Å². The van der Waals surface area contributed by atoms with Crippen molar-refractivity contribution in [1.82, 2.24) is 0 Å². The minimum absolute atomic E-state index is 1.26. The molecule has 0 fully saturated rings. The molecule has 0 aliphatic rings. The lowest BCUT2D eigenvalue weighted by atomic mass is 10.0. The number of aryl methyl sites for hydroxylation is 1. The zero-order valence-electron chi connectivity index (χ0n) is 16.7. The summed E-state index contributed by atoms with van der Waals surface area (Å²) in [6, 6.07) is 9.02. The van der Waals surface area contributed by atoms with Crippen LogP contribution in [0.25, 0.3) is 0 Å². The first-order valence-corrected chi connectivity index (χ1v) is 12.1. The number of benzene rings is 1. The summed E-state index contributed by atoms with van der Waals surface area (Å²) in [5, 5.41) is 0. The molecular formula is C24H41I. The van der Waals surface area contributed by atoms with Crippen LogP contribution in [0.5, 0.6) is 0 Å². The number of hydrogen-bond acceptors (Lipinski definition) is 0. The van der Waals surface area contributed by atoms with Crippen molar-refractivity contribution in [2.75, 3.05) is 0 Å². The first-order chi connectivity index (χ1) is 12.3. The van der Waals surface area contributed by atoms with Crippen molar-refractivity contribution in [3.8, 4) is 0 Å². The molecule has 25 heavy (non-hydrogen) atoms. The highest BCUT2D eigenvalue weighted by Crippen LogP contribution is 2.15. The van der Waals surface area contributed by atoms with Crippen LogP contribution in [0, 0.1) is 3.57 Å². The monoisotopic (exact) mass is 456 g/mol. The van der Waals surface area contributed by atoms with Gasteiger partial charge in [0.05, 0.1) is 0 Å². The molecule has 0 atom stereocenters. The molecule has 0 amide bonds. The molecule has 1 heteroatoms. The molecule has 0 radical (unpaired) electrons. The van der Waals surface area contributed by atoms with E-state index < -0.39 is 0 Å². The zero-order chi connectivity index (χ0) is 18.0. The van der Waals surface area contributed by atoms with E-state index in [0.29, 0.717) is 0 Å². The quantitative estimate of drug-likeness (QED) is 0.162. The number of halogens is 1. The highest BCUT2D eigenvalue weighted by Gasteiger charge is 1.96. The standard InChI is InChI=1S/C24H41I/c1-2-3-4-5-6-7-8-9-10-11-12-13-14-15-16-17-18-23-19-21-24(25)22-20-23/h19-22H,2-18H2,1H3. The van der Waals surface area contributed by atoms with Gasteiger partial charge in [0.25, 0.3) is 0 Å². The Bertz CT molecular complexity index is 382. The third-order valence-corrected chi connectivity index (χ3v) is 5.95. The first kappa shape index (κ1) is 23.0. The van der Waals surface area contributed by atoms with Crippen LogP contribution in [0.4, 0.5) is 0 Å². The van der Waals surface area contributed by atoms with Crippen molar-refractivity contribution in [3.05, 3.63) is 33.4 Å². The average Bonchev–Trinajstić information content (AvgIpc) is 2.63. The molecule has 1 aromatic rings. The van der Waals surface area contributed by atoms with Crippen LogP contribution in [0.15, 0.2) is 24.3 Å². The van der Waals surface area contributed by atoms with Gasteiger partial charge in [-0.2, -0.15) is 0 Å². The molecule has 0 unspecified atom stereocenters. The Kier molecular flexibility index (Phi) is 16.0. The molecular weight excluding hydrogens is 415 g/mol. The summed E-state index contributed by atoms with van der Waals surface area (Å²) in [6.45, 7) is 2.30. The maximum absolute atomic E-state index is 2.38. The van der Waals surface area contributed by atoms with Crippen LogP contribution in [0.2, 0.25) is 0 Å². The minimum Gasteiger partial charge on any atom is -0.0654 e. The second-order valence-electron chi connectivity index (χ2n) is 7.68. The fraction of sp³-hybridized carbons (Fsp3) is 0.750. The summed E-state index contributed by atoms with van der Waals surface area (Å²) < 4.78 is 1.34. The van der Waals surface area contributed by atoms with Gasteiger partial charge in [0, 0.05) is 3.57 Å². The van der Waals surface area contributed by atoms with Crippen molar-refractivity contribution in [2.24, 2.45) is 0 Å². The minimum atomic E-state index is 1.26. The summed E-state index contributed by atoms with van der Waals surface area (Å²) in [5.41, 5.74) is 1.51. The Morgan fingerprint density at radius 2 is 0.880 bits per heavy atom. The summed E-state index contributed by atoms with van der Waals surface area (Å²) >= 11 is 2.38. The molecule has 0 saturated carbocycles. The van der Waals surface area contributed by atoms with Gasteiger partial charge in [0.1, 0.15) is 0 Å². The molecule has 0 heterocycles. The fourth-order valence-electron chi connectivity index (χ4n) is 3.53. The van der Waals surface area contributed by atoms with Gasteiger partial charge in [0.15, 0.2) is 0 Å². The van der Waals surface area contributed by atoms with Gasteiger partial charge in [-0.05, 0) is 53.1 Å². The van der Waals surface area contributed by atoms with Gasteiger partial charge in [-0.1, -0.05) is 115 Å². The predicted molar refractivity (Wildman–Crippen MR) is 122 cm³/mol. The highest BCUT2D eigenvalue weighted by atomic mass is 127. The largest absolute Gasteiger partial charge is 0.0654 e. The molecule has 0 aliphatic heterocycles. The Hall–Kier alpha value is -0.0500. The SMILES string of the molecule is CCCCCCCCCCCCCCCCCCc1ccc(I)cc1.